The van der Waals surface area contributed by atoms with Crippen LogP contribution in [0.1, 0.15) is 52.3 Å². The third-order valence-electron chi connectivity index (χ3n) is 4.84. The summed E-state index contributed by atoms with van der Waals surface area (Å²) >= 11 is 12.7. The van der Waals surface area contributed by atoms with Crippen molar-refractivity contribution in [1.82, 2.24) is 20.3 Å². The minimum atomic E-state index is -0.0258. The fraction of sp³-hybridized carbons (Fsp3) is 0.417. The first kappa shape index (κ1) is 22.8. The standard InChI is InChI=1S/C24H30Cl2N4/c1-23(2,3)16-24(4,5)27-14-21-22(17-10-7-6-8-11-17)29-30(28-21)15-18-19(25)12-9-13-20(18)26/h6-13,27H,14-16H2,1-5H3. The molecular formula is C24H30Cl2N4. The highest BCUT2D eigenvalue weighted by molar-refractivity contribution is 6.35. The van der Waals surface area contributed by atoms with E-state index in [2.05, 4.69) is 52.1 Å². The van der Waals surface area contributed by atoms with Crippen molar-refractivity contribution in [2.24, 2.45) is 5.41 Å². The Labute approximate surface area is 189 Å². The van der Waals surface area contributed by atoms with Gasteiger partial charge in [-0.1, -0.05) is 80.4 Å². The van der Waals surface area contributed by atoms with Gasteiger partial charge in [0.1, 0.15) is 11.4 Å². The Morgan fingerprint density at radius 3 is 2.10 bits per heavy atom. The quantitative estimate of drug-likeness (QED) is 0.445. The normalized spacial score (nSPS) is 12.4. The van der Waals surface area contributed by atoms with Crippen LogP contribution in [0.2, 0.25) is 10.0 Å². The Hall–Kier alpha value is -1.88. The van der Waals surface area contributed by atoms with Crippen LogP contribution in [-0.2, 0) is 13.1 Å². The van der Waals surface area contributed by atoms with Crippen molar-refractivity contribution in [2.75, 3.05) is 0 Å². The van der Waals surface area contributed by atoms with Crippen LogP contribution >= 0.6 is 23.2 Å². The van der Waals surface area contributed by atoms with Gasteiger partial charge in [-0.15, -0.1) is 0 Å². The summed E-state index contributed by atoms with van der Waals surface area (Å²) in [6, 6.07) is 15.7. The van der Waals surface area contributed by atoms with E-state index in [0.717, 1.165) is 28.9 Å². The Balaban J connectivity index is 1.90. The maximum absolute atomic E-state index is 6.36. The lowest BCUT2D eigenvalue weighted by molar-refractivity contribution is 0.240. The average molecular weight is 445 g/mol. The molecule has 0 aliphatic carbocycles. The first-order valence-corrected chi connectivity index (χ1v) is 11.0. The predicted molar refractivity (Wildman–Crippen MR) is 126 cm³/mol. The van der Waals surface area contributed by atoms with E-state index < -0.39 is 0 Å². The van der Waals surface area contributed by atoms with Crippen LogP contribution in [0.5, 0.6) is 0 Å². The smallest absolute Gasteiger partial charge is 0.117 e. The van der Waals surface area contributed by atoms with Gasteiger partial charge in [0.2, 0.25) is 0 Å². The van der Waals surface area contributed by atoms with E-state index in [1.54, 1.807) is 4.80 Å². The number of rotatable bonds is 7. The monoisotopic (exact) mass is 444 g/mol. The summed E-state index contributed by atoms with van der Waals surface area (Å²) in [5.74, 6) is 0. The van der Waals surface area contributed by atoms with Crippen LogP contribution in [0, 0.1) is 5.41 Å². The molecule has 160 valence electrons. The molecule has 1 heterocycles. The van der Waals surface area contributed by atoms with Crippen molar-refractivity contribution in [3.8, 4) is 11.3 Å². The molecule has 1 aromatic heterocycles. The molecule has 2 aromatic carbocycles. The van der Waals surface area contributed by atoms with Crippen molar-refractivity contribution in [3.05, 3.63) is 69.8 Å². The average Bonchev–Trinajstić information content (AvgIpc) is 3.05. The summed E-state index contributed by atoms with van der Waals surface area (Å²) in [6.45, 7) is 12.3. The highest BCUT2D eigenvalue weighted by atomic mass is 35.5. The molecule has 30 heavy (non-hydrogen) atoms. The molecule has 0 fully saturated rings. The van der Waals surface area contributed by atoms with Gasteiger partial charge in [-0.05, 0) is 37.8 Å². The predicted octanol–water partition coefficient (Wildman–Crippen LogP) is 6.60. The minimum Gasteiger partial charge on any atom is -0.306 e. The molecule has 0 saturated heterocycles. The van der Waals surface area contributed by atoms with Gasteiger partial charge in [-0.25, -0.2) is 0 Å². The topological polar surface area (TPSA) is 42.7 Å². The van der Waals surface area contributed by atoms with Gasteiger partial charge in [0.15, 0.2) is 0 Å². The van der Waals surface area contributed by atoms with Crippen molar-refractivity contribution < 1.29 is 0 Å². The number of hydrogen-bond donors (Lipinski definition) is 1. The Morgan fingerprint density at radius 2 is 1.50 bits per heavy atom. The number of aromatic nitrogens is 3. The number of benzene rings is 2. The van der Waals surface area contributed by atoms with Crippen molar-refractivity contribution in [3.63, 3.8) is 0 Å². The molecule has 1 N–H and O–H groups in total. The van der Waals surface area contributed by atoms with Crippen LogP contribution < -0.4 is 5.32 Å². The molecule has 4 nitrogen and oxygen atoms in total. The second-order valence-corrected chi connectivity index (χ2v) is 10.4. The molecule has 3 aromatic rings. The summed E-state index contributed by atoms with van der Waals surface area (Å²) in [5.41, 5.74) is 3.85. The van der Waals surface area contributed by atoms with Gasteiger partial charge in [0.05, 0.1) is 6.54 Å². The van der Waals surface area contributed by atoms with Gasteiger partial charge in [0, 0.05) is 33.3 Å². The van der Waals surface area contributed by atoms with E-state index in [4.69, 9.17) is 33.4 Å². The van der Waals surface area contributed by atoms with Crippen LogP contribution in [0.4, 0.5) is 0 Å². The van der Waals surface area contributed by atoms with Gasteiger partial charge in [-0.2, -0.15) is 15.0 Å². The second kappa shape index (κ2) is 9.09. The maximum atomic E-state index is 6.36. The van der Waals surface area contributed by atoms with Crippen LogP contribution in [0.3, 0.4) is 0 Å². The fourth-order valence-electron chi connectivity index (χ4n) is 3.93. The van der Waals surface area contributed by atoms with E-state index in [0.29, 0.717) is 23.1 Å². The Morgan fingerprint density at radius 1 is 0.867 bits per heavy atom. The van der Waals surface area contributed by atoms with Gasteiger partial charge in [-0.3, -0.25) is 0 Å². The summed E-state index contributed by atoms with van der Waals surface area (Å²) in [5, 5.41) is 14.5. The molecule has 0 spiro atoms. The Bertz CT molecular complexity index is 968. The minimum absolute atomic E-state index is 0.0258. The SMILES string of the molecule is CC(C)(C)CC(C)(C)NCc1nn(Cc2c(Cl)cccc2Cl)nc1-c1ccccc1. The first-order chi connectivity index (χ1) is 14.0. The lowest BCUT2D eigenvalue weighted by atomic mass is 9.82. The molecule has 3 rings (SSSR count). The van der Waals surface area contributed by atoms with Crippen molar-refractivity contribution in [2.45, 2.75) is 59.7 Å². The summed E-state index contributed by atoms with van der Waals surface area (Å²) in [4.78, 5) is 1.68. The van der Waals surface area contributed by atoms with Gasteiger partial charge < -0.3 is 5.32 Å². The molecule has 0 aliphatic heterocycles. The molecule has 0 saturated carbocycles. The third kappa shape index (κ3) is 6.07. The third-order valence-corrected chi connectivity index (χ3v) is 5.55. The first-order valence-electron chi connectivity index (χ1n) is 10.2. The molecule has 0 radical (unpaired) electrons. The molecule has 0 unspecified atom stereocenters. The molecule has 6 heteroatoms. The lowest BCUT2D eigenvalue weighted by Gasteiger charge is -2.33. The zero-order chi connectivity index (χ0) is 21.9. The number of nitrogens with one attached hydrogen (secondary N) is 1. The fourth-order valence-corrected chi connectivity index (χ4v) is 4.45. The molecule has 0 amide bonds. The second-order valence-electron chi connectivity index (χ2n) is 9.57. The van der Waals surface area contributed by atoms with E-state index in [1.165, 1.54) is 0 Å². The van der Waals surface area contributed by atoms with Crippen molar-refractivity contribution >= 4 is 23.2 Å². The van der Waals surface area contributed by atoms with E-state index in [1.807, 2.05) is 36.4 Å². The van der Waals surface area contributed by atoms with Gasteiger partial charge >= 0.3 is 0 Å². The highest BCUT2D eigenvalue weighted by Gasteiger charge is 2.26. The maximum Gasteiger partial charge on any atom is 0.117 e. The van der Waals surface area contributed by atoms with Gasteiger partial charge in [0.25, 0.3) is 0 Å². The molecule has 0 aliphatic rings. The Kier molecular flexibility index (Phi) is 6.91. The largest absolute Gasteiger partial charge is 0.306 e. The molecular weight excluding hydrogens is 415 g/mol. The summed E-state index contributed by atoms with van der Waals surface area (Å²) < 4.78 is 0. The zero-order valence-corrected chi connectivity index (χ0v) is 19.8. The van der Waals surface area contributed by atoms with E-state index >= 15 is 0 Å². The van der Waals surface area contributed by atoms with E-state index in [9.17, 15) is 0 Å². The van der Waals surface area contributed by atoms with Crippen LogP contribution in [0.15, 0.2) is 48.5 Å². The zero-order valence-electron chi connectivity index (χ0n) is 18.3. The molecule has 0 bridgehead atoms. The summed E-state index contributed by atoms with van der Waals surface area (Å²) in [6.07, 6.45) is 1.05. The van der Waals surface area contributed by atoms with Crippen LogP contribution in [-0.4, -0.2) is 20.5 Å². The van der Waals surface area contributed by atoms with E-state index in [-0.39, 0.29) is 11.0 Å². The summed E-state index contributed by atoms with van der Waals surface area (Å²) in [7, 11) is 0. The molecule has 0 atom stereocenters. The number of hydrogen-bond acceptors (Lipinski definition) is 3. The highest BCUT2D eigenvalue weighted by Crippen LogP contribution is 2.29. The lowest BCUT2D eigenvalue weighted by Crippen LogP contribution is -2.42. The van der Waals surface area contributed by atoms with Crippen molar-refractivity contribution in [1.29, 1.82) is 0 Å². The van der Waals surface area contributed by atoms with Crippen LogP contribution in [0.25, 0.3) is 11.3 Å². The number of halogens is 2. The number of nitrogens with zero attached hydrogens (tertiary/aromatic N) is 3.